The number of benzene rings is 2. The average molecular weight is 382 g/mol. The zero-order valence-electron chi connectivity index (χ0n) is 15.2. The molecule has 4 rings (SSSR count). The van der Waals surface area contributed by atoms with Gasteiger partial charge in [-0.3, -0.25) is 9.48 Å². The molecule has 0 bridgehead atoms. The monoisotopic (exact) mass is 381 g/mol. The molecule has 1 aliphatic rings. The van der Waals surface area contributed by atoms with Crippen LogP contribution in [0.15, 0.2) is 48.5 Å². The number of fused-ring (bicyclic) bond motifs is 1. The van der Waals surface area contributed by atoms with Crippen molar-refractivity contribution in [1.29, 1.82) is 0 Å². The lowest BCUT2D eigenvalue weighted by atomic mass is 10.1. The lowest BCUT2D eigenvalue weighted by molar-refractivity contribution is -0.00118. The highest BCUT2D eigenvalue weighted by Gasteiger charge is 2.24. The SMILES string of the molecule is Cc1ccc(C)c(NC(=O)c2cc3n(n2)C[C@H](c2ccc(Cl)cc2)OC3)c1. The van der Waals surface area contributed by atoms with Crippen molar-refractivity contribution in [3.63, 3.8) is 0 Å². The van der Waals surface area contributed by atoms with E-state index in [0.29, 0.717) is 23.9 Å². The Bertz CT molecular complexity index is 995. The standard InChI is InChI=1S/C21H20ClN3O2/c1-13-3-4-14(2)18(9-13)23-21(26)19-10-17-12-27-20(11-25(17)24-19)15-5-7-16(22)8-6-15/h3-10,20H,11-12H2,1-2H3,(H,23,26)/t20-/m1/s1. The van der Waals surface area contributed by atoms with Crippen LogP contribution < -0.4 is 5.32 Å². The largest absolute Gasteiger partial charge is 0.365 e. The molecule has 0 unspecified atom stereocenters. The van der Waals surface area contributed by atoms with Crippen LogP contribution in [0.1, 0.15) is 39.0 Å². The van der Waals surface area contributed by atoms with Crippen LogP contribution in [0.3, 0.4) is 0 Å². The maximum Gasteiger partial charge on any atom is 0.276 e. The Morgan fingerprint density at radius 2 is 1.96 bits per heavy atom. The third-order valence-electron chi connectivity index (χ3n) is 4.75. The Balaban J connectivity index is 1.52. The molecule has 0 saturated carbocycles. The van der Waals surface area contributed by atoms with Gasteiger partial charge in [-0.25, -0.2) is 0 Å². The van der Waals surface area contributed by atoms with Crippen molar-refractivity contribution in [3.05, 3.63) is 81.6 Å². The van der Waals surface area contributed by atoms with Gasteiger partial charge in [-0.1, -0.05) is 35.9 Å². The lowest BCUT2D eigenvalue weighted by Gasteiger charge is -2.24. The van der Waals surface area contributed by atoms with Gasteiger partial charge in [0.1, 0.15) is 6.10 Å². The number of aryl methyl sites for hydroxylation is 2. The van der Waals surface area contributed by atoms with Crippen LogP contribution in [0, 0.1) is 13.8 Å². The first-order valence-electron chi connectivity index (χ1n) is 8.82. The predicted molar refractivity (Wildman–Crippen MR) is 105 cm³/mol. The Morgan fingerprint density at radius 1 is 1.19 bits per heavy atom. The number of hydrogen-bond donors (Lipinski definition) is 1. The van der Waals surface area contributed by atoms with Gasteiger partial charge in [0.25, 0.3) is 5.91 Å². The van der Waals surface area contributed by atoms with Gasteiger partial charge in [-0.2, -0.15) is 5.10 Å². The van der Waals surface area contributed by atoms with Gasteiger partial charge < -0.3 is 10.1 Å². The fourth-order valence-corrected chi connectivity index (χ4v) is 3.30. The van der Waals surface area contributed by atoms with E-state index in [4.69, 9.17) is 16.3 Å². The molecule has 5 nitrogen and oxygen atoms in total. The number of nitrogens with zero attached hydrogens (tertiary/aromatic N) is 2. The first kappa shape index (κ1) is 17.8. The van der Waals surface area contributed by atoms with E-state index < -0.39 is 0 Å². The highest BCUT2D eigenvalue weighted by molar-refractivity contribution is 6.30. The summed E-state index contributed by atoms with van der Waals surface area (Å²) in [6, 6.07) is 15.4. The van der Waals surface area contributed by atoms with E-state index in [2.05, 4.69) is 10.4 Å². The minimum Gasteiger partial charge on any atom is -0.365 e. The summed E-state index contributed by atoms with van der Waals surface area (Å²) in [5.41, 5.74) is 5.25. The fourth-order valence-electron chi connectivity index (χ4n) is 3.17. The van der Waals surface area contributed by atoms with Crippen molar-refractivity contribution in [3.8, 4) is 0 Å². The van der Waals surface area contributed by atoms with Gasteiger partial charge >= 0.3 is 0 Å². The summed E-state index contributed by atoms with van der Waals surface area (Å²) in [7, 11) is 0. The van der Waals surface area contributed by atoms with Crippen LogP contribution in [-0.2, 0) is 17.9 Å². The molecular formula is C21H20ClN3O2. The summed E-state index contributed by atoms with van der Waals surface area (Å²) < 4.78 is 7.79. The Morgan fingerprint density at radius 3 is 2.74 bits per heavy atom. The highest BCUT2D eigenvalue weighted by atomic mass is 35.5. The van der Waals surface area contributed by atoms with Crippen LogP contribution in [-0.4, -0.2) is 15.7 Å². The Labute approximate surface area is 162 Å². The quantitative estimate of drug-likeness (QED) is 0.716. The third kappa shape index (κ3) is 3.75. The van der Waals surface area contributed by atoms with Gasteiger partial charge in [0.2, 0.25) is 0 Å². The van der Waals surface area contributed by atoms with Crippen molar-refractivity contribution in [2.24, 2.45) is 0 Å². The number of carbonyl (C=O) groups excluding carboxylic acids is 1. The van der Waals surface area contributed by atoms with Crippen molar-refractivity contribution in [1.82, 2.24) is 9.78 Å². The van der Waals surface area contributed by atoms with Crippen molar-refractivity contribution < 1.29 is 9.53 Å². The normalized spacial score (nSPS) is 16.0. The van der Waals surface area contributed by atoms with E-state index in [1.807, 2.05) is 61.0 Å². The second kappa shape index (κ2) is 7.18. The molecule has 2 aromatic carbocycles. The molecule has 1 N–H and O–H groups in total. The minimum atomic E-state index is -0.214. The molecule has 0 saturated heterocycles. The number of ether oxygens (including phenoxy) is 1. The molecule has 1 amide bonds. The molecule has 1 aromatic heterocycles. The number of nitrogens with one attached hydrogen (secondary N) is 1. The number of aromatic nitrogens is 2. The summed E-state index contributed by atoms with van der Waals surface area (Å²) in [6.45, 7) is 4.95. The molecule has 1 aliphatic heterocycles. The van der Waals surface area contributed by atoms with Crippen molar-refractivity contribution in [2.45, 2.75) is 33.1 Å². The van der Waals surface area contributed by atoms with E-state index in [9.17, 15) is 4.79 Å². The van der Waals surface area contributed by atoms with E-state index >= 15 is 0 Å². The minimum absolute atomic E-state index is 0.107. The molecule has 3 aromatic rings. The summed E-state index contributed by atoms with van der Waals surface area (Å²) in [5.74, 6) is -0.214. The third-order valence-corrected chi connectivity index (χ3v) is 5.00. The molecule has 1 atom stereocenters. The van der Waals surface area contributed by atoms with Gasteiger partial charge in [0.15, 0.2) is 5.69 Å². The summed E-state index contributed by atoms with van der Waals surface area (Å²) in [5, 5.41) is 8.14. The van der Waals surface area contributed by atoms with Crippen molar-refractivity contribution in [2.75, 3.05) is 5.32 Å². The van der Waals surface area contributed by atoms with Crippen LogP contribution in [0.25, 0.3) is 0 Å². The van der Waals surface area contributed by atoms with Crippen molar-refractivity contribution >= 4 is 23.2 Å². The highest BCUT2D eigenvalue weighted by Crippen LogP contribution is 2.27. The zero-order chi connectivity index (χ0) is 19.0. The Kier molecular flexibility index (Phi) is 4.72. The zero-order valence-corrected chi connectivity index (χ0v) is 16.0. The summed E-state index contributed by atoms with van der Waals surface area (Å²) >= 11 is 5.95. The van der Waals surface area contributed by atoms with Gasteiger partial charge in [-0.05, 0) is 54.8 Å². The smallest absolute Gasteiger partial charge is 0.276 e. The molecule has 0 radical (unpaired) electrons. The Hall–Kier alpha value is -2.63. The second-order valence-corrected chi connectivity index (χ2v) is 7.26. The number of rotatable bonds is 3. The number of carbonyl (C=O) groups is 1. The first-order valence-corrected chi connectivity index (χ1v) is 9.20. The fraction of sp³-hybridized carbons (Fsp3) is 0.238. The molecule has 0 aliphatic carbocycles. The summed E-state index contributed by atoms with van der Waals surface area (Å²) in [4.78, 5) is 12.6. The first-order chi connectivity index (χ1) is 13.0. The summed E-state index contributed by atoms with van der Waals surface area (Å²) in [6.07, 6.45) is -0.107. The molecule has 27 heavy (non-hydrogen) atoms. The van der Waals surface area contributed by atoms with Crippen LogP contribution >= 0.6 is 11.6 Å². The van der Waals surface area contributed by atoms with Crippen LogP contribution in [0.5, 0.6) is 0 Å². The molecule has 0 fully saturated rings. The molecule has 2 heterocycles. The maximum atomic E-state index is 12.6. The van der Waals surface area contributed by atoms with E-state index in [-0.39, 0.29) is 12.0 Å². The maximum absolute atomic E-state index is 12.6. The molecule has 6 heteroatoms. The van der Waals surface area contributed by atoms with Crippen LogP contribution in [0.2, 0.25) is 5.02 Å². The van der Waals surface area contributed by atoms with E-state index in [0.717, 1.165) is 28.1 Å². The molecular weight excluding hydrogens is 362 g/mol. The number of halogens is 1. The lowest BCUT2D eigenvalue weighted by Crippen LogP contribution is -2.22. The average Bonchev–Trinajstić information content (AvgIpc) is 3.09. The number of anilines is 1. The topological polar surface area (TPSA) is 56.2 Å². The predicted octanol–water partition coefficient (Wildman–Crippen LogP) is 4.68. The molecule has 138 valence electrons. The van der Waals surface area contributed by atoms with Gasteiger partial charge in [-0.15, -0.1) is 0 Å². The van der Waals surface area contributed by atoms with Gasteiger partial charge in [0.05, 0.1) is 18.8 Å². The number of amides is 1. The number of hydrogen-bond acceptors (Lipinski definition) is 3. The van der Waals surface area contributed by atoms with E-state index in [1.165, 1.54) is 0 Å². The van der Waals surface area contributed by atoms with E-state index in [1.54, 1.807) is 6.07 Å². The molecule has 0 spiro atoms. The second-order valence-electron chi connectivity index (χ2n) is 6.83. The van der Waals surface area contributed by atoms with Gasteiger partial charge in [0, 0.05) is 10.7 Å². The van der Waals surface area contributed by atoms with Crippen LogP contribution in [0.4, 0.5) is 5.69 Å².